The monoisotopic (exact) mass is 324 g/mol. The highest BCUT2D eigenvalue weighted by Gasteiger charge is 2.60. The molecule has 1 aromatic heterocycles. The molecular formula is C12H9Cl2F3N2O. The molecule has 1 saturated heterocycles. The predicted molar refractivity (Wildman–Crippen MR) is 69.2 cm³/mol. The Kier molecular flexibility index (Phi) is 3.15. The van der Waals surface area contributed by atoms with Crippen molar-refractivity contribution in [2.45, 2.75) is 18.0 Å². The van der Waals surface area contributed by atoms with Crippen LogP contribution < -0.4 is 5.32 Å². The first-order valence-electron chi connectivity index (χ1n) is 5.87. The Morgan fingerprint density at radius 3 is 2.65 bits per heavy atom. The van der Waals surface area contributed by atoms with Gasteiger partial charge in [0.2, 0.25) is 5.89 Å². The minimum atomic E-state index is -4.45. The van der Waals surface area contributed by atoms with Crippen molar-refractivity contribution in [1.29, 1.82) is 0 Å². The van der Waals surface area contributed by atoms with Crippen LogP contribution in [0.4, 0.5) is 13.2 Å². The van der Waals surface area contributed by atoms with Crippen LogP contribution in [0, 0.1) is 0 Å². The van der Waals surface area contributed by atoms with Crippen LogP contribution >= 0.6 is 23.2 Å². The molecule has 3 nitrogen and oxygen atoms in total. The van der Waals surface area contributed by atoms with Crippen molar-refractivity contribution < 1.29 is 17.6 Å². The van der Waals surface area contributed by atoms with Gasteiger partial charge in [-0.15, -0.1) is 0 Å². The van der Waals surface area contributed by atoms with E-state index in [9.17, 15) is 13.2 Å². The molecule has 20 heavy (non-hydrogen) atoms. The average molecular weight is 325 g/mol. The van der Waals surface area contributed by atoms with Gasteiger partial charge in [0.05, 0.1) is 5.02 Å². The first-order chi connectivity index (χ1) is 9.33. The van der Waals surface area contributed by atoms with Crippen molar-refractivity contribution in [1.82, 2.24) is 10.3 Å². The Labute approximate surface area is 122 Å². The van der Waals surface area contributed by atoms with Gasteiger partial charge in [-0.25, -0.2) is 4.98 Å². The lowest BCUT2D eigenvalue weighted by atomic mass is 9.86. The molecule has 1 aliphatic heterocycles. The molecule has 0 amide bonds. The van der Waals surface area contributed by atoms with Crippen LogP contribution in [0.3, 0.4) is 0 Å². The highest BCUT2D eigenvalue weighted by molar-refractivity contribution is 6.37. The van der Waals surface area contributed by atoms with Crippen molar-refractivity contribution in [2.75, 3.05) is 13.1 Å². The van der Waals surface area contributed by atoms with E-state index in [2.05, 4.69) is 10.3 Å². The fourth-order valence-corrected chi connectivity index (χ4v) is 2.92. The average Bonchev–Trinajstić information content (AvgIpc) is 2.92. The van der Waals surface area contributed by atoms with E-state index in [1.807, 2.05) is 0 Å². The molecular weight excluding hydrogens is 316 g/mol. The summed E-state index contributed by atoms with van der Waals surface area (Å²) in [4.78, 5) is 3.96. The first kappa shape index (κ1) is 14.0. The molecule has 0 radical (unpaired) electrons. The maximum absolute atomic E-state index is 13.4. The van der Waals surface area contributed by atoms with Gasteiger partial charge in [-0.3, -0.25) is 0 Å². The third-order valence-electron chi connectivity index (χ3n) is 3.52. The molecule has 8 heteroatoms. The van der Waals surface area contributed by atoms with Gasteiger partial charge in [-0.1, -0.05) is 23.2 Å². The minimum absolute atomic E-state index is 0.116. The number of benzene rings is 1. The molecule has 1 N–H and O–H groups in total. The Hall–Kier alpha value is -0.980. The molecule has 0 saturated carbocycles. The summed E-state index contributed by atoms with van der Waals surface area (Å²) >= 11 is 11.7. The van der Waals surface area contributed by atoms with Gasteiger partial charge in [-0.05, 0) is 25.1 Å². The number of aromatic nitrogens is 1. The van der Waals surface area contributed by atoms with Crippen LogP contribution in [-0.4, -0.2) is 24.2 Å². The zero-order chi connectivity index (χ0) is 14.5. The van der Waals surface area contributed by atoms with E-state index >= 15 is 0 Å². The summed E-state index contributed by atoms with van der Waals surface area (Å²) in [7, 11) is 0. The first-order valence-corrected chi connectivity index (χ1v) is 6.63. The summed E-state index contributed by atoms with van der Waals surface area (Å²) in [5, 5.41) is 3.16. The number of nitrogens with zero attached hydrogens (tertiary/aromatic N) is 1. The molecule has 1 atom stereocenters. The summed E-state index contributed by atoms with van der Waals surface area (Å²) < 4.78 is 45.5. The van der Waals surface area contributed by atoms with E-state index in [1.54, 1.807) is 0 Å². The highest BCUT2D eigenvalue weighted by atomic mass is 35.5. The van der Waals surface area contributed by atoms with E-state index in [-0.39, 0.29) is 41.5 Å². The van der Waals surface area contributed by atoms with Gasteiger partial charge in [-0.2, -0.15) is 13.2 Å². The van der Waals surface area contributed by atoms with E-state index in [1.165, 1.54) is 12.1 Å². The third kappa shape index (κ3) is 1.98. The molecule has 2 aromatic rings. The summed E-state index contributed by atoms with van der Waals surface area (Å²) in [5.74, 6) is -0.367. The van der Waals surface area contributed by atoms with Crippen LogP contribution in [-0.2, 0) is 5.41 Å². The number of oxazole rings is 1. The Balaban J connectivity index is 2.20. The Morgan fingerprint density at radius 2 is 2.05 bits per heavy atom. The largest absolute Gasteiger partial charge is 0.438 e. The normalized spacial score (nSPS) is 23.6. The third-order valence-corrected chi connectivity index (χ3v) is 4.02. The zero-order valence-electron chi connectivity index (χ0n) is 10.0. The van der Waals surface area contributed by atoms with Gasteiger partial charge in [0, 0.05) is 11.6 Å². The maximum Gasteiger partial charge on any atom is 0.404 e. The van der Waals surface area contributed by atoms with Gasteiger partial charge < -0.3 is 9.73 Å². The molecule has 2 heterocycles. The molecule has 1 aromatic carbocycles. The van der Waals surface area contributed by atoms with E-state index < -0.39 is 11.6 Å². The molecule has 1 fully saturated rings. The van der Waals surface area contributed by atoms with Crippen LogP contribution in [0.25, 0.3) is 11.1 Å². The molecule has 0 spiro atoms. The van der Waals surface area contributed by atoms with Crippen molar-refractivity contribution >= 4 is 34.3 Å². The van der Waals surface area contributed by atoms with Crippen LogP contribution in [0.1, 0.15) is 12.3 Å². The number of rotatable bonds is 1. The second-order valence-corrected chi connectivity index (χ2v) is 5.61. The lowest BCUT2D eigenvalue weighted by molar-refractivity contribution is -0.190. The number of hydrogen-bond acceptors (Lipinski definition) is 3. The molecule has 108 valence electrons. The summed E-state index contributed by atoms with van der Waals surface area (Å²) in [6.07, 6.45) is -4.57. The summed E-state index contributed by atoms with van der Waals surface area (Å²) in [5.41, 5.74) is -1.75. The maximum atomic E-state index is 13.4. The fraction of sp³-hybridized carbons (Fsp3) is 0.417. The number of halogens is 5. The Bertz CT molecular complexity index is 663. The summed E-state index contributed by atoms with van der Waals surface area (Å²) in [6.45, 7) is 0.00139. The smallest absolute Gasteiger partial charge is 0.404 e. The highest BCUT2D eigenvalue weighted by Crippen LogP contribution is 2.46. The number of alkyl halides is 3. The van der Waals surface area contributed by atoms with E-state index in [0.717, 1.165) is 0 Å². The van der Waals surface area contributed by atoms with Crippen molar-refractivity contribution in [3.63, 3.8) is 0 Å². The quantitative estimate of drug-likeness (QED) is 0.863. The molecule has 3 rings (SSSR count). The van der Waals surface area contributed by atoms with Gasteiger partial charge in [0.25, 0.3) is 0 Å². The van der Waals surface area contributed by atoms with Crippen LogP contribution in [0.2, 0.25) is 10.0 Å². The van der Waals surface area contributed by atoms with Gasteiger partial charge in [0.1, 0.15) is 5.52 Å². The zero-order valence-corrected chi connectivity index (χ0v) is 11.5. The lowest BCUT2D eigenvalue weighted by Gasteiger charge is -2.27. The summed E-state index contributed by atoms with van der Waals surface area (Å²) in [6, 6.07) is 2.84. The SMILES string of the molecule is FC(F)(F)C1(c2nc3cc(Cl)cc(Cl)c3o2)CCNC1. The van der Waals surface area contributed by atoms with Gasteiger partial charge >= 0.3 is 6.18 Å². The molecule has 0 aliphatic carbocycles. The van der Waals surface area contributed by atoms with E-state index in [4.69, 9.17) is 27.6 Å². The topological polar surface area (TPSA) is 38.1 Å². The molecule has 0 bridgehead atoms. The predicted octanol–water partition coefficient (Wildman–Crippen LogP) is 3.93. The second-order valence-electron chi connectivity index (χ2n) is 4.76. The van der Waals surface area contributed by atoms with E-state index in [0.29, 0.717) is 5.02 Å². The van der Waals surface area contributed by atoms with Gasteiger partial charge in [0.15, 0.2) is 11.0 Å². The number of nitrogens with one attached hydrogen (secondary N) is 1. The lowest BCUT2D eigenvalue weighted by Crippen LogP contribution is -2.44. The molecule has 1 aliphatic rings. The van der Waals surface area contributed by atoms with Crippen molar-refractivity contribution in [3.05, 3.63) is 28.1 Å². The standard InChI is InChI=1S/C12H9Cl2F3N2O/c13-6-3-7(14)9-8(4-6)19-10(20-9)11(12(15,16)17)1-2-18-5-11/h3-4,18H,1-2,5H2. The number of hydrogen-bond donors (Lipinski definition) is 1. The minimum Gasteiger partial charge on any atom is -0.438 e. The van der Waals surface area contributed by atoms with Crippen LogP contribution in [0.15, 0.2) is 16.5 Å². The van der Waals surface area contributed by atoms with Crippen molar-refractivity contribution in [3.8, 4) is 0 Å². The second kappa shape index (κ2) is 4.51. The number of fused-ring (bicyclic) bond motifs is 1. The van der Waals surface area contributed by atoms with Crippen LogP contribution in [0.5, 0.6) is 0 Å². The van der Waals surface area contributed by atoms with Crippen molar-refractivity contribution in [2.24, 2.45) is 0 Å². The molecule has 1 unspecified atom stereocenters. The fourth-order valence-electron chi connectivity index (χ4n) is 2.40. The Morgan fingerprint density at radius 1 is 1.30 bits per heavy atom.